The number of carbonyl (C=O) groups excluding carboxylic acids is 1. The number of aliphatic hydroxyl groups is 1. The fraction of sp³-hybridized carbons (Fsp3) is 0.857. The summed E-state index contributed by atoms with van der Waals surface area (Å²) >= 11 is 0. The highest BCUT2D eigenvalue weighted by Gasteiger charge is 2.11. The van der Waals surface area contributed by atoms with Crippen molar-refractivity contribution < 1.29 is 14.6 Å². The molecule has 3 N–H and O–H groups in total. The van der Waals surface area contributed by atoms with Crippen LogP contribution < -0.4 is 5.73 Å². The van der Waals surface area contributed by atoms with Crippen LogP contribution in [0.2, 0.25) is 0 Å². The molecule has 0 heterocycles. The summed E-state index contributed by atoms with van der Waals surface area (Å²) in [7, 11) is 1.56. The van der Waals surface area contributed by atoms with Gasteiger partial charge in [-0.3, -0.25) is 4.79 Å². The number of amides is 1. The predicted molar refractivity (Wildman–Crippen MR) is 40.9 cm³/mol. The lowest BCUT2D eigenvalue weighted by Gasteiger charge is -2.13. The number of hydrogen-bond acceptors (Lipinski definition) is 3. The van der Waals surface area contributed by atoms with Gasteiger partial charge in [0.15, 0.2) is 0 Å². The van der Waals surface area contributed by atoms with Crippen LogP contribution in [0.1, 0.15) is 19.8 Å². The minimum absolute atomic E-state index is 0.00764. The van der Waals surface area contributed by atoms with E-state index in [2.05, 4.69) is 0 Å². The summed E-state index contributed by atoms with van der Waals surface area (Å²) < 4.78 is 4.89. The lowest BCUT2D eigenvalue weighted by Crippen LogP contribution is -2.23. The van der Waals surface area contributed by atoms with E-state index in [9.17, 15) is 4.79 Å². The highest BCUT2D eigenvalue weighted by atomic mass is 16.5. The van der Waals surface area contributed by atoms with Gasteiger partial charge in [-0.05, 0) is 13.3 Å². The summed E-state index contributed by atoms with van der Waals surface area (Å²) in [4.78, 5) is 10.3. The van der Waals surface area contributed by atoms with Crippen LogP contribution in [0, 0.1) is 0 Å². The molecule has 0 aliphatic rings. The molecule has 0 spiro atoms. The Bertz CT molecular complexity index is 127. The molecule has 1 amide bonds. The summed E-state index contributed by atoms with van der Waals surface area (Å²) in [5.41, 5.74) is 4.87. The van der Waals surface area contributed by atoms with Crippen molar-refractivity contribution in [1.29, 1.82) is 0 Å². The van der Waals surface area contributed by atoms with Crippen LogP contribution in [-0.4, -0.2) is 30.3 Å². The van der Waals surface area contributed by atoms with Gasteiger partial charge < -0.3 is 15.6 Å². The molecule has 0 aromatic heterocycles. The molecule has 0 bridgehead atoms. The molecule has 11 heavy (non-hydrogen) atoms. The number of ether oxygens (including phenoxy) is 1. The van der Waals surface area contributed by atoms with E-state index in [0.717, 1.165) is 0 Å². The maximum absolute atomic E-state index is 10.3. The first-order chi connectivity index (χ1) is 5.06. The van der Waals surface area contributed by atoms with Crippen LogP contribution in [0.25, 0.3) is 0 Å². The fourth-order valence-corrected chi connectivity index (χ4v) is 0.795. The lowest BCUT2D eigenvalue weighted by atomic mass is 10.1. The Kier molecular flexibility index (Phi) is 4.81. The molecule has 2 unspecified atom stereocenters. The van der Waals surface area contributed by atoms with Crippen molar-refractivity contribution >= 4 is 5.91 Å². The second-order valence-electron chi connectivity index (χ2n) is 2.61. The maximum atomic E-state index is 10.3. The highest BCUT2D eigenvalue weighted by Crippen LogP contribution is 2.03. The van der Waals surface area contributed by atoms with Gasteiger partial charge >= 0.3 is 0 Å². The Hall–Kier alpha value is -0.610. The Morgan fingerprint density at radius 2 is 2.27 bits per heavy atom. The normalized spacial score (nSPS) is 15.9. The SMILES string of the molecule is COC(C)CC(O)CC(N)=O. The zero-order valence-corrected chi connectivity index (χ0v) is 6.91. The van der Waals surface area contributed by atoms with Gasteiger partial charge in [-0.2, -0.15) is 0 Å². The minimum Gasteiger partial charge on any atom is -0.392 e. The van der Waals surface area contributed by atoms with Crippen molar-refractivity contribution in [3.63, 3.8) is 0 Å². The van der Waals surface area contributed by atoms with E-state index in [1.165, 1.54) is 0 Å². The van der Waals surface area contributed by atoms with E-state index in [-0.39, 0.29) is 12.5 Å². The largest absolute Gasteiger partial charge is 0.392 e. The maximum Gasteiger partial charge on any atom is 0.220 e. The number of aliphatic hydroxyl groups excluding tert-OH is 1. The molecule has 0 aliphatic carbocycles. The molecular weight excluding hydrogens is 146 g/mol. The number of nitrogens with two attached hydrogens (primary N) is 1. The number of rotatable bonds is 5. The Balaban J connectivity index is 3.51. The average molecular weight is 161 g/mol. The number of primary amides is 1. The fourth-order valence-electron chi connectivity index (χ4n) is 0.795. The van der Waals surface area contributed by atoms with Crippen molar-refractivity contribution in [3.05, 3.63) is 0 Å². The van der Waals surface area contributed by atoms with E-state index >= 15 is 0 Å². The smallest absolute Gasteiger partial charge is 0.220 e. The van der Waals surface area contributed by atoms with Gasteiger partial charge in [0, 0.05) is 7.11 Å². The van der Waals surface area contributed by atoms with Crippen LogP contribution in [0.3, 0.4) is 0 Å². The third-order valence-electron chi connectivity index (χ3n) is 1.44. The lowest BCUT2D eigenvalue weighted by molar-refractivity contribution is -0.120. The zero-order valence-electron chi connectivity index (χ0n) is 6.91. The first kappa shape index (κ1) is 10.4. The van der Waals surface area contributed by atoms with Crippen molar-refractivity contribution in [2.75, 3.05) is 7.11 Å². The molecule has 4 heteroatoms. The zero-order chi connectivity index (χ0) is 8.85. The predicted octanol–water partition coefficient (Wildman–Crippen LogP) is -0.352. The molecule has 0 fully saturated rings. The van der Waals surface area contributed by atoms with Gasteiger partial charge in [-0.15, -0.1) is 0 Å². The Morgan fingerprint density at radius 1 is 1.73 bits per heavy atom. The number of carbonyl (C=O) groups is 1. The number of hydrogen-bond donors (Lipinski definition) is 2. The molecule has 0 aromatic rings. The molecule has 0 aromatic carbocycles. The van der Waals surface area contributed by atoms with Crippen LogP contribution in [-0.2, 0) is 9.53 Å². The van der Waals surface area contributed by atoms with Gasteiger partial charge in [0.2, 0.25) is 5.91 Å². The van der Waals surface area contributed by atoms with Gasteiger partial charge in [-0.1, -0.05) is 0 Å². The van der Waals surface area contributed by atoms with Gasteiger partial charge in [0.05, 0.1) is 18.6 Å². The monoisotopic (exact) mass is 161 g/mol. The van der Waals surface area contributed by atoms with E-state index in [0.29, 0.717) is 6.42 Å². The molecule has 66 valence electrons. The highest BCUT2D eigenvalue weighted by molar-refractivity contribution is 5.74. The third kappa shape index (κ3) is 5.82. The molecule has 0 aliphatic heterocycles. The van der Waals surface area contributed by atoms with Crippen molar-refractivity contribution in [3.8, 4) is 0 Å². The first-order valence-corrected chi connectivity index (χ1v) is 3.55. The standard InChI is InChI=1S/C7H15NO3/c1-5(11-2)3-6(9)4-7(8)10/h5-6,9H,3-4H2,1-2H3,(H2,8,10). The van der Waals surface area contributed by atoms with Gasteiger partial charge in [-0.25, -0.2) is 0 Å². The van der Waals surface area contributed by atoms with E-state index in [1.54, 1.807) is 7.11 Å². The van der Waals surface area contributed by atoms with Gasteiger partial charge in [0.25, 0.3) is 0 Å². The van der Waals surface area contributed by atoms with E-state index in [1.807, 2.05) is 6.92 Å². The summed E-state index contributed by atoms with van der Waals surface area (Å²) in [6.07, 6.45) is -0.264. The Morgan fingerprint density at radius 3 is 2.64 bits per heavy atom. The molecule has 0 rings (SSSR count). The summed E-state index contributed by atoms with van der Waals surface area (Å²) in [6, 6.07) is 0. The van der Waals surface area contributed by atoms with Crippen LogP contribution >= 0.6 is 0 Å². The van der Waals surface area contributed by atoms with Crippen molar-refractivity contribution in [1.82, 2.24) is 0 Å². The topological polar surface area (TPSA) is 72.6 Å². The van der Waals surface area contributed by atoms with E-state index < -0.39 is 12.0 Å². The second-order valence-corrected chi connectivity index (χ2v) is 2.61. The second kappa shape index (κ2) is 5.09. The molecule has 2 atom stereocenters. The number of methoxy groups -OCH3 is 1. The minimum atomic E-state index is -0.678. The summed E-state index contributed by atoms with van der Waals surface area (Å²) in [6.45, 7) is 1.82. The van der Waals surface area contributed by atoms with Crippen LogP contribution in [0.4, 0.5) is 0 Å². The average Bonchev–Trinajstić information content (AvgIpc) is 1.85. The quantitative estimate of drug-likeness (QED) is 0.578. The molecule has 0 radical (unpaired) electrons. The van der Waals surface area contributed by atoms with E-state index in [4.69, 9.17) is 15.6 Å². The summed E-state index contributed by atoms with van der Waals surface area (Å²) in [5, 5.41) is 9.14. The molecule has 0 saturated heterocycles. The molecule has 0 saturated carbocycles. The third-order valence-corrected chi connectivity index (χ3v) is 1.44. The van der Waals surface area contributed by atoms with Crippen LogP contribution in [0.15, 0.2) is 0 Å². The van der Waals surface area contributed by atoms with Crippen molar-refractivity contribution in [2.24, 2.45) is 5.73 Å². The Labute approximate surface area is 66.3 Å². The first-order valence-electron chi connectivity index (χ1n) is 3.55. The van der Waals surface area contributed by atoms with Crippen LogP contribution in [0.5, 0.6) is 0 Å². The summed E-state index contributed by atoms with van der Waals surface area (Å²) in [5.74, 6) is -0.485. The van der Waals surface area contributed by atoms with Gasteiger partial charge in [0.1, 0.15) is 0 Å². The molecular formula is C7H15NO3. The molecule has 4 nitrogen and oxygen atoms in total. The van der Waals surface area contributed by atoms with Crippen molar-refractivity contribution in [2.45, 2.75) is 32.0 Å².